The number of aromatic amines is 1. The lowest BCUT2D eigenvalue weighted by molar-refractivity contribution is 1.37. The number of H-pyrrole nitrogens is 1. The number of hydrogen-bond acceptors (Lipinski definition) is 1. The van der Waals surface area contributed by atoms with Crippen LogP contribution in [0.5, 0.6) is 0 Å². The molecule has 2 aromatic rings. The number of hydrogen-bond donors (Lipinski definition) is 1. The van der Waals surface area contributed by atoms with Crippen molar-refractivity contribution in [3.63, 3.8) is 0 Å². The van der Waals surface area contributed by atoms with E-state index in [0.717, 1.165) is 10.9 Å². The van der Waals surface area contributed by atoms with Crippen molar-refractivity contribution >= 4 is 22.5 Å². The van der Waals surface area contributed by atoms with Gasteiger partial charge >= 0.3 is 0 Å². The Bertz CT molecular complexity index is 465. The molecule has 58 valence electrons. The van der Waals surface area contributed by atoms with E-state index in [1.807, 2.05) is 18.2 Å². The minimum Gasteiger partial charge on any atom is -0.345 e. The normalized spacial score (nSPS) is 10.0. The molecule has 0 saturated carbocycles. The Balaban J connectivity index is 2.85. The molecule has 1 aromatic carbocycles. The molecule has 0 aliphatic rings. The molecule has 2 nitrogen and oxygen atoms in total. The van der Waals surface area contributed by atoms with Gasteiger partial charge in [-0.2, -0.15) is 5.26 Å². The fourth-order valence-corrected chi connectivity index (χ4v) is 1.41. The van der Waals surface area contributed by atoms with Crippen LogP contribution in [-0.4, -0.2) is 4.98 Å². The highest BCUT2D eigenvalue weighted by atomic mass is 35.5. The molecule has 0 spiro atoms. The lowest BCUT2D eigenvalue weighted by Gasteiger charge is -1.90. The van der Waals surface area contributed by atoms with Gasteiger partial charge in [-0.3, -0.25) is 0 Å². The van der Waals surface area contributed by atoms with Gasteiger partial charge in [0.2, 0.25) is 0 Å². The monoisotopic (exact) mass is 176 g/mol. The molecule has 2 rings (SSSR count). The molecular formula is C9H5ClN2. The molecule has 0 amide bonds. The molecule has 0 saturated heterocycles. The van der Waals surface area contributed by atoms with Crippen molar-refractivity contribution in [1.82, 2.24) is 4.98 Å². The lowest BCUT2D eigenvalue weighted by atomic mass is 10.2. The van der Waals surface area contributed by atoms with E-state index in [4.69, 9.17) is 16.9 Å². The number of nitrogens with one attached hydrogen (secondary N) is 1. The van der Waals surface area contributed by atoms with E-state index >= 15 is 0 Å². The summed E-state index contributed by atoms with van der Waals surface area (Å²) in [6, 6.07) is 9.38. The first-order valence-electron chi connectivity index (χ1n) is 3.48. The average Bonchev–Trinajstić information content (AvgIpc) is 2.49. The van der Waals surface area contributed by atoms with Gasteiger partial charge in [0.25, 0.3) is 0 Å². The average molecular weight is 177 g/mol. The SMILES string of the molecule is N#Cc1cc2cccc(Cl)c2[nH]1. The zero-order chi connectivity index (χ0) is 8.55. The van der Waals surface area contributed by atoms with Crippen molar-refractivity contribution in [3.8, 4) is 6.07 Å². The fraction of sp³-hybridized carbons (Fsp3) is 0. The van der Waals surface area contributed by atoms with Crippen molar-refractivity contribution in [3.05, 3.63) is 35.0 Å². The summed E-state index contributed by atoms with van der Waals surface area (Å²) in [7, 11) is 0. The highest BCUT2D eigenvalue weighted by Crippen LogP contribution is 2.22. The standard InChI is InChI=1S/C9H5ClN2/c10-8-3-1-2-6-4-7(5-11)12-9(6)8/h1-4,12H. The molecule has 0 atom stereocenters. The van der Waals surface area contributed by atoms with Gasteiger partial charge in [0.1, 0.15) is 11.8 Å². The topological polar surface area (TPSA) is 39.6 Å². The molecule has 0 aliphatic carbocycles. The number of rotatable bonds is 0. The predicted octanol–water partition coefficient (Wildman–Crippen LogP) is 2.69. The first-order valence-corrected chi connectivity index (χ1v) is 3.86. The Labute approximate surface area is 74.4 Å². The van der Waals surface area contributed by atoms with Gasteiger partial charge in [0.15, 0.2) is 0 Å². The van der Waals surface area contributed by atoms with Crippen molar-refractivity contribution in [2.75, 3.05) is 0 Å². The second kappa shape index (κ2) is 2.54. The maximum Gasteiger partial charge on any atom is 0.118 e. The summed E-state index contributed by atoms with van der Waals surface area (Å²) < 4.78 is 0. The summed E-state index contributed by atoms with van der Waals surface area (Å²) in [5, 5.41) is 10.2. The van der Waals surface area contributed by atoms with Crippen molar-refractivity contribution in [2.45, 2.75) is 0 Å². The summed E-state index contributed by atoms with van der Waals surface area (Å²) in [5.41, 5.74) is 1.37. The third-order valence-corrected chi connectivity index (χ3v) is 2.04. The minimum atomic E-state index is 0.540. The molecule has 3 heteroatoms. The van der Waals surface area contributed by atoms with Crippen LogP contribution in [0.1, 0.15) is 5.69 Å². The van der Waals surface area contributed by atoms with Crippen LogP contribution in [0.2, 0.25) is 5.02 Å². The van der Waals surface area contributed by atoms with Gasteiger partial charge in [-0.1, -0.05) is 23.7 Å². The molecular weight excluding hydrogens is 172 g/mol. The van der Waals surface area contributed by atoms with Crippen molar-refractivity contribution in [1.29, 1.82) is 5.26 Å². The highest BCUT2D eigenvalue weighted by molar-refractivity contribution is 6.35. The van der Waals surface area contributed by atoms with Crippen LogP contribution in [0.3, 0.4) is 0 Å². The number of nitriles is 1. The summed E-state index contributed by atoms with van der Waals surface area (Å²) in [6.07, 6.45) is 0. The number of aromatic nitrogens is 1. The molecule has 0 radical (unpaired) electrons. The molecule has 0 bridgehead atoms. The van der Waals surface area contributed by atoms with Gasteiger partial charge in [-0.25, -0.2) is 0 Å². The minimum absolute atomic E-state index is 0.540. The van der Waals surface area contributed by atoms with Crippen molar-refractivity contribution in [2.24, 2.45) is 0 Å². The fourth-order valence-electron chi connectivity index (χ4n) is 1.18. The predicted molar refractivity (Wildman–Crippen MR) is 48.0 cm³/mol. The molecule has 1 aromatic heterocycles. The second-order valence-corrected chi connectivity index (χ2v) is 2.91. The first kappa shape index (κ1) is 7.20. The van der Waals surface area contributed by atoms with E-state index in [0.29, 0.717) is 10.7 Å². The maximum atomic E-state index is 8.61. The largest absolute Gasteiger partial charge is 0.345 e. The van der Waals surface area contributed by atoms with Gasteiger partial charge in [-0.15, -0.1) is 0 Å². The van der Waals surface area contributed by atoms with Crippen LogP contribution in [0.25, 0.3) is 10.9 Å². The van der Waals surface area contributed by atoms with Gasteiger partial charge in [0.05, 0.1) is 10.5 Å². The van der Waals surface area contributed by atoms with E-state index < -0.39 is 0 Å². The third-order valence-electron chi connectivity index (χ3n) is 1.73. The van der Waals surface area contributed by atoms with Crippen LogP contribution in [0, 0.1) is 11.3 Å². The van der Waals surface area contributed by atoms with Gasteiger partial charge in [0, 0.05) is 5.39 Å². The van der Waals surface area contributed by atoms with Gasteiger partial charge in [-0.05, 0) is 12.1 Å². The second-order valence-electron chi connectivity index (χ2n) is 2.50. The Hall–Kier alpha value is -1.46. The van der Waals surface area contributed by atoms with E-state index in [1.54, 1.807) is 12.1 Å². The quantitative estimate of drug-likeness (QED) is 0.659. The number of halogens is 1. The van der Waals surface area contributed by atoms with Crippen LogP contribution in [0.15, 0.2) is 24.3 Å². The van der Waals surface area contributed by atoms with E-state index in [1.165, 1.54) is 0 Å². The molecule has 0 fully saturated rings. The summed E-state index contributed by atoms with van der Waals surface area (Å²) >= 11 is 5.89. The zero-order valence-electron chi connectivity index (χ0n) is 6.13. The molecule has 12 heavy (non-hydrogen) atoms. The van der Waals surface area contributed by atoms with Crippen molar-refractivity contribution < 1.29 is 0 Å². The number of nitrogens with zero attached hydrogens (tertiary/aromatic N) is 1. The summed E-state index contributed by atoms with van der Waals surface area (Å²) in [6.45, 7) is 0. The Kier molecular flexibility index (Phi) is 1.53. The first-order chi connectivity index (χ1) is 5.81. The Morgan fingerprint density at radius 1 is 1.42 bits per heavy atom. The van der Waals surface area contributed by atoms with Crippen LogP contribution < -0.4 is 0 Å². The molecule has 0 aliphatic heterocycles. The number of benzene rings is 1. The highest BCUT2D eigenvalue weighted by Gasteiger charge is 2.01. The molecule has 1 heterocycles. The molecule has 0 unspecified atom stereocenters. The van der Waals surface area contributed by atoms with E-state index in [9.17, 15) is 0 Å². The molecule has 1 N–H and O–H groups in total. The lowest BCUT2D eigenvalue weighted by Crippen LogP contribution is -1.70. The van der Waals surface area contributed by atoms with Crippen LogP contribution in [0.4, 0.5) is 0 Å². The number of para-hydroxylation sites is 1. The summed E-state index contributed by atoms with van der Waals surface area (Å²) in [5.74, 6) is 0. The zero-order valence-corrected chi connectivity index (χ0v) is 6.89. The summed E-state index contributed by atoms with van der Waals surface area (Å²) in [4.78, 5) is 2.92. The van der Waals surface area contributed by atoms with Crippen LogP contribution in [-0.2, 0) is 0 Å². The van der Waals surface area contributed by atoms with E-state index in [2.05, 4.69) is 4.98 Å². The smallest absolute Gasteiger partial charge is 0.118 e. The third kappa shape index (κ3) is 0.956. The maximum absolute atomic E-state index is 8.61. The van der Waals surface area contributed by atoms with Crippen LogP contribution >= 0.6 is 11.6 Å². The Morgan fingerprint density at radius 2 is 2.25 bits per heavy atom. The van der Waals surface area contributed by atoms with E-state index in [-0.39, 0.29) is 0 Å². The van der Waals surface area contributed by atoms with Gasteiger partial charge < -0.3 is 4.98 Å². The Morgan fingerprint density at radius 3 is 2.92 bits per heavy atom. The number of fused-ring (bicyclic) bond motifs is 1.